The van der Waals surface area contributed by atoms with E-state index in [2.05, 4.69) is 10.4 Å². The monoisotopic (exact) mass is 197 g/mol. The lowest BCUT2D eigenvalue weighted by Crippen LogP contribution is -2.10. The number of aliphatic hydroxyl groups excluding tert-OH is 1. The summed E-state index contributed by atoms with van der Waals surface area (Å²) in [6, 6.07) is 0. The first-order valence-corrected chi connectivity index (χ1v) is 5.73. The molecule has 2 rings (SSSR count). The topological polar surface area (TPSA) is 33.1 Å². The first-order chi connectivity index (χ1) is 6.25. The summed E-state index contributed by atoms with van der Waals surface area (Å²) < 4.78 is 0. The molecule has 72 valence electrons. The van der Waals surface area contributed by atoms with Crippen molar-refractivity contribution in [2.24, 2.45) is 5.92 Å². The molecular formula is C10H15NOS. The van der Waals surface area contributed by atoms with Crippen LogP contribution in [0, 0.1) is 12.8 Å². The minimum absolute atomic E-state index is 0.0815. The fourth-order valence-electron chi connectivity index (χ4n) is 1.54. The van der Waals surface area contributed by atoms with Crippen molar-refractivity contribution in [3.05, 3.63) is 16.1 Å². The van der Waals surface area contributed by atoms with Crippen LogP contribution in [-0.2, 0) is 6.42 Å². The van der Waals surface area contributed by atoms with Gasteiger partial charge in [0.25, 0.3) is 0 Å². The van der Waals surface area contributed by atoms with Gasteiger partial charge in [0.15, 0.2) is 0 Å². The van der Waals surface area contributed by atoms with Crippen molar-refractivity contribution >= 4 is 11.3 Å². The Morgan fingerprint density at radius 3 is 3.00 bits per heavy atom. The van der Waals surface area contributed by atoms with Crippen LogP contribution in [0.5, 0.6) is 0 Å². The number of nitrogens with zero attached hydrogens (tertiary/aromatic N) is 1. The van der Waals surface area contributed by atoms with E-state index < -0.39 is 0 Å². The fraction of sp³-hybridized carbons (Fsp3) is 0.700. The maximum absolute atomic E-state index is 9.63. The number of aliphatic hydroxyl groups is 1. The van der Waals surface area contributed by atoms with Crippen LogP contribution in [0.4, 0.5) is 0 Å². The van der Waals surface area contributed by atoms with Crippen LogP contribution < -0.4 is 0 Å². The van der Waals surface area contributed by atoms with Gasteiger partial charge in [0, 0.05) is 5.38 Å². The minimum atomic E-state index is -0.0815. The van der Waals surface area contributed by atoms with Crippen molar-refractivity contribution in [3.63, 3.8) is 0 Å². The minimum Gasteiger partial charge on any atom is -0.393 e. The SMILES string of the molecule is Cc1nc(CCC(O)C2CC2)cs1. The molecule has 1 N–H and O–H groups in total. The Morgan fingerprint density at radius 2 is 2.46 bits per heavy atom. The van der Waals surface area contributed by atoms with Crippen LogP contribution in [-0.4, -0.2) is 16.2 Å². The van der Waals surface area contributed by atoms with Gasteiger partial charge < -0.3 is 5.11 Å². The zero-order valence-corrected chi connectivity index (χ0v) is 8.68. The van der Waals surface area contributed by atoms with E-state index in [1.165, 1.54) is 12.8 Å². The van der Waals surface area contributed by atoms with Crippen LogP contribution in [0.15, 0.2) is 5.38 Å². The van der Waals surface area contributed by atoms with Crippen molar-refractivity contribution in [2.75, 3.05) is 0 Å². The van der Waals surface area contributed by atoms with Gasteiger partial charge in [0.05, 0.1) is 16.8 Å². The molecule has 3 heteroatoms. The molecule has 1 aliphatic rings. The summed E-state index contributed by atoms with van der Waals surface area (Å²) in [7, 11) is 0. The van der Waals surface area contributed by atoms with Crippen molar-refractivity contribution < 1.29 is 5.11 Å². The summed E-state index contributed by atoms with van der Waals surface area (Å²) in [6.07, 6.45) is 4.17. The Bertz CT molecular complexity index is 280. The van der Waals surface area contributed by atoms with E-state index in [1.54, 1.807) is 11.3 Å². The van der Waals surface area contributed by atoms with E-state index in [1.807, 2.05) is 6.92 Å². The number of thiazole rings is 1. The Morgan fingerprint density at radius 1 is 1.69 bits per heavy atom. The van der Waals surface area contributed by atoms with Gasteiger partial charge in [-0.1, -0.05) is 0 Å². The summed E-state index contributed by atoms with van der Waals surface area (Å²) in [5, 5.41) is 12.8. The van der Waals surface area contributed by atoms with Crippen LogP contribution in [0.1, 0.15) is 30.0 Å². The Hall–Kier alpha value is -0.410. The van der Waals surface area contributed by atoms with Crippen molar-refractivity contribution in [2.45, 2.75) is 38.7 Å². The highest BCUT2D eigenvalue weighted by Gasteiger charge is 2.29. The smallest absolute Gasteiger partial charge is 0.0897 e. The van der Waals surface area contributed by atoms with Crippen molar-refractivity contribution in [3.8, 4) is 0 Å². The fourth-order valence-corrected chi connectivity index (χ4v) is 2.18. The summed E-state index contributed by atoms with van der Waals surface area (Å²) in [5.41, 5.74) is 1.14. The standard InChI is InChI=1S/C10H15NOS/c1-7-11-9(6-13-7)4-5-10(12)8-2-3-8/h6,8,10,12H,2-5H2,1H3. The van der Waals surface area contributed by atoms with E-state index in [-0.39, 0.29) is 6.10 Å². The van der Waals surface area contributed by atoms with Gasteiger partial charge in [-0.05, 0) is 38.5 Å². The zero-order chi connectivity index (χ0) is 9.26. The predicted molar refractivity (Wildman–Crippen MR) is 53.9 cm³/mol. The van der Waals surface area contributed by atoms with Crippen LogP contribution >= 0.6 is 11.3 Å². The highest BCUT2D eigenvalue weighted by molar-refractivity contribution is 7.09. The first-order valence-electron chi connectivity index (χ1n) is 4.85. The van der Waals surface area contributed by atoms with E-state index in [9.17, 15) is 5.11 Å². The van der Waals surface area contributed by atoms with E-state index in [4.69, 9.17) is 0 Å². The summed E-state index contributed by atoms with van der Waals surface area (Å²) in [4.78, 5) is 4.37. The molecule has 1 atom stereocenters. The van der Waals surface area contributed by atoms with Crippen LogP contribution in [0.3, 0.4) is 0 Å². The lowest BCUT2D eigenvalue weighted by Gasteiger charge is -2.06. The van der Waals surface area contributed by atoms with Crippen LogP contribution in [0.2, 0.25) is 0 Å². The van der Waals surface area contributed by atoms with Gasteiger partial charge in [0.1, 0.15) is 0 Å². The van der Waals surface area contributed by atoms with Crippen molar-refractivity contribution in [1.29, 1.82) is 0 Å². The third kappa shape index (κ3) is 2.51. The lowest BCUT2D eigenvalue weighted by molar-refractivity contribution is 0.141. The second-order valence-corrected chi connectivity index (χ2v) is 4.86. The molecule has 0 amide bonds. The molecule has 1 aromatic heterocycles. The second kappa shape index (κ2) is 3.76. The average molecular weight is 197 g/mol. The molecule has 0 radical (unpaired) electrons. The Balaban J connectivity index is 1.78. The molecular weight excluding hydrogens is 182 g/mol. The van der Waals surface area contributed by atoms with Gasteiger partial charge in [-0.25, -0.2) is 4.98 Å². The normalized spacial score (nSPS) is 18.9. The maximum atomic E-state index is 9.63. The first kappa shape index (κ1) is 9.16. The number of aromatic nitrogens is 1. The van der Waals surface area contributed by atoms with E-state index in [0.717, 1.165) is 23.5 Å². The Kier molecular flexibility index (Phi) is 2.65. The molecule has 1 fully saturated rings. The molecule has 13 heavy (non-hydrogen) atoms. The van der Waals surface area contributed by atoms with Crippen LogP contribution in [0.25, 0.3) is 0 Å². The Labute approximate surface area is 82.6 Å². The number of aryl methyl sites for hydroxylation is 2. The molecule has 0 bridgehead atoms. The highest BCUT2D eigenvalue weighted by atomic mass is 32.1. The summed E-state index contributed by atoms with van der Waals surface area (Å²) in [5.74, 6) is 0.597. The second-order valence-electron chi connectivity index (χ2n) is 3.80. The van der Waals surface area contributed by atoms with Crippen molar-refractivity contribution in [1.82, 2.24) is 4.98 Å². The third-order valence-corrected chi connectivity index (χ3v) is 3.35. The highest BCUT2D eigenvalue weighted by Crippen LogP contribution is 2.34. The molecule has 0 aromatic carbocycles. The van der Waals surface area contributed by atoms with Gasteiger partial charge in [0.2, 0.25) is 0 Å². The lowest BCUT2D eigenvalue weighted by atomic mass is 10.1. The molecule has 0 saturated heterocycles. The van der Waals surface area contributed by atoms with Gasteiger partial charge in [-0.15, -0.1) is 11.3 Å². The summed E-state index contributed by atoms with van der Waals surface area (Å²) >= 11 is 1.69. The largest absolute Gasteiger partial charge is 0.393 e. The molecule has 1 aliphatic carbocycles. The quantitative estimate of drug-likeness (QED) is 0.802. The molecule has 0 spiro atoms. The molecule has 0 aliphatic heterocycles. The average Bonchev–Trinajstić information content (AvgIpc) is 2.87. The third-order valence-electron chi connectivity index (χ3n) is 2.53. The zero-order valence-electron chi connectivity index (χ0n) is 7.86. The predicted octanol–water partition coefficient (Wildman–Crippen LogP) is 2.16. The van der Waals surface area contributed by atoms with Gasteiger partial charge >= 0.3 is 0 Å². The number of hydrogen-bond acceptors (Lipinski definition) is 3. The molecule has 1 aromatic rings. The molecule has 1 heterocycles. The number of hydrogen-bond donors (Lipinski definition) is 1. The number of rotatable bonds is 4. The maximum Gasteiger partial charge on any atom is 0.0897 e. The van der Waals surface area contributed by atoms with E-state index in [0.29, 0.717) is 5.92 Å². The molecule has 2 nitrogen and oxygen atoms in total. The molecule has 1 unspecified atom stereocenters. The van der Waals surface area contributed by atoms with Gasteiger partial charge in [-0.3, -0.25) is 0 Å². The molecule has 1 saturated carbocycles. The summed E-state index contributed by atoms with van der Waals surface area (Å²) in [6.45, 7) is 2.02. The van der Waals surface area contributed by atoms with E-state index >= 15 is 0 Å². The van der Waals surface area contributed by atoms with Gasteiger partial charge in [-0.2, -0.15) is 0 Å².